The van der Waals surface area contributed by atoms with Crippen molar-refractivity contribution in [3.63, 3.8) is 0 Å². The number of hydrogen-bond acceptors (Lipinski definition) is 2. The number of hydrogen-bond donors (Lipinski definition) is 2. The molecule has 0 amide bonds. The van der Waals surface area contributed by atoms with Crippen molar-refractivity contribution >= 4 is 0 Å². The van der Waals surface area contributed by atoms with Crippen LogP contribution in [0.4, 0.5) is 0 Å². The Labute approximate surface area is 74.9 Å². The molecule has 2 aliphatic rings. The number of nitrogens with two attached hydrogens (primary N) is 1. The third-order valence-corrected chi connectivity index (χ3v) is 3.42. The minimum absolute atomic E-state index is 0.462. The van der Waals surface area contributed by atoms with Crippen LogP contribution in [0.5, 0.6) is 0 Å². The van der Waals surface area contributed by atoms with Gasteiger partial charge in [-0.25, -0.2) is 0 Å². The predicted octanol–water partition coefficient (Wildman–Crippen LogP) is 1.25. The van der Waals surface area contributed by atoms with Crippen molar-refractivity contribution in [1.29, 1.82) is 0 Å². The number of nitrogens with one attached hydrogen (secondary N) is 1. The van der Waals surface area contributed by atoms with Gasteiger partial charge in [-0.1, -0.05) is 13.8 Å². The minimum Gasteiger partial charge on any atom is -0.328 e. The summed E-state index contributed by atoms with van der Waals surface area (Å²) >= 11 is 0. The van der Waals surface area contributed by atoms with Gasteiger partial charge in [-0.05, 0) is 31.1 Å². The molecule has 0 radical (unpaired) electrons. The van der Waals surface area contributed by atoms with Crippen molar-refractivity contribution in [1.82, 2.24) is 5.32 Å². The quantitative estimate of drug-likeness (QED) is 0.651. The molecule has 12 heavy (non-hydrogen) atoms. The summed E-state index contributed by atoms with van der Waals surface area (Å²) in [5.41, 5.74) is 6.41. The molecule has 0 aromatic rings. The molecule has 0 aromatic heterocycles. The highest BCUT2D eigenvalue weighted by Crippen LogP contribution is 2.45. The summed E-state index contributed by atoms with van der Waals surface area (Å²) < 4.78 is 0. The smallest absolute Gasteiger partial charge is 0.0127 e. The standard InChI is InChI=1S/C10H20N2/c1-10(2)6-9(10)12-8-4-3-7(11)5-8/h7-9,12H,3-6,11H2,1-2H3. The van der Waals surface area contributed by atoms with Crippen molar-refractivity contribution in [2.75, 3.05) is 0 Å². The maximum absolute atomic E-state index is 5.85. The van der Waals surface area contributed by atoms with E-state index >= 15 is 0 Å². The Bertz CT molecular complexity index is 177. The van der Waals surface area contributed by atoms with Crippen molar-refractivity contribution in [2.24, 2.45) is 11.1 Å². The summed E-state index contributed by atoms with van der Waals surface area (Å²) in [6.07, 6.45) is 5.03. The minimum atomic E-state index is 0.462. The predicted molar refractivity (Wildman–Crippen MR) is 50.9 cm³/mol. The van der Waals surface area contributed by atoms with Crippen LogP contribution >= 0.6 is 0 Å². The summed E-state index contributed by atoms with van der Waals surface area (Å²) in [6, 6.07) is 1.95. The summed E-state index contributed by atoms with van der Waals surface area (Å²) in [5.74, 6) is 0. The van der Waals surface area contributed by atoms with Crippen LogP contribution in [0.15, 0.2) is 0 Å². The maximum Gasteiger partial charge on any atom is 0.0127 e. The second-order valence-electron chi connectivity index (χ2n) is 5.18. The van der Waals surface area contributed by atoms with Crippen LogP contribution in [-0.2, 0) is 0 Å². The lowest BCUT2D eigenvalue weighted by molar-refractivity contribution is 0.461. The van der Waals surface area contributed by atoms with Crippen LogP contribution in [0.2, 0.25) is 0 Å². The monoisotopic (exact) mass is 168 g/mol. The average molecular weight is 168 g/mol. The topological polar surface area (TPSA) is 38.0 Å². The van der Waals surface area contributed by atoms with Crippen molar-refractivity contribution in [3.8, 4) is 0 Å². The van der Waals surface area contributed by atoms with Crippen LogP contribution in [0.1, 0.15) is 39.5 Å². The number of rotatable bonds is 2. The van der Waals surface area contributed by atoms with E-state index in [2.05, 4.69) is 19.2 Å². The molecular formula is C10H20N2. The third-order valence-electron chi connectivity index (χ3n) is 3.42. The van der Waals surface area contributed by atoms with E-state index in [1.807, 2.05) is 0 Å². The zero-order chi connectivity index (χ0) is 8.77. The molecule has 0 aliphatic heterocycles. The van der Waals surface area contributed by atoms with Gasteiger partial charge in [0.25, 0.3) is 0 Å². The van der Waals surface area contributed by atoms with Gasteiger partial charge in [0.2, 0.25) is 0 Å². The molecule has 0 spiro atoms. The zero-order valence-corrected chi connectivity index (χ0v) is 8.14. The molecule has 3 unspecified atom stereocenters. The van der Waals surface area contributed by atoms with Crippen molar-refractivity contribution < 1.29 is 0 Å². The van der Waals surface area contributed by atoms with Gasteiger partial charge in [-0.3, -0.25) is 0 Å². The fraction of sp³-hybridized carbons (Fsp3) is 1.00. The van der Waals surface area contributed by atoms with Gasteiger partial charge in [0.05, 0.1) is 0 Å². The molecule has 0 heterocycles. The Kier molecular flexibility index (Phi) is 1.92. The van der Waals surface area contributed by atoms with Crippen LogP contribution in [0.25, 0.3) is 0 Å². The van der Waals surface area contributed by atoms with Crippen LogP contribution < -0.4 is 11.1 Å². The van der Waals surface area contributed by atoms with Crippen LogP contribution in [-0.4, -0.2) is 18.1 Å². The molecule has 0 saturated heterocycles. The van der Waals surface area contributed by atoms with Gasteiger partial charge in [0.15, 0.2) is 0 Å². The van der Waals surface area contributed by atoms with E-state index in [0.29, 0.717) is 17.5 Å². The lowest BCUT2D eigenvalue weighted by atomic mass is 10.1. The highest BCUT2D eigenvalue weighted by molar-refractivity contribution is 5.03. The molecular weight excluding hydrogens is 148 g/mol. The molecule has 2 heteroatoms. The van der Waals surface area contributed by atoms with E-state index in [1.54, 1.807) is 0 Å². The fourth-order valence-corrected chi connectivity index (χ4v) is 2.20. The first-order chi connectivity index (χ1) is 5.58. The molecule has 3 N–H and O–H groups in total. The highest BCUT2D eigenvalue weighted by atomic mass is 15.0. The lowest BCUT2D eigenvalue weighted by Crippen LogP contribution is -2.32. The maximum atomic E-state index is 5.85. The first kappa shape index (κ1) is 8.52. The molecule has 2 nitrogen and oxygen atoms in total. The Morgan fingerprint density at radius 1 is 1.33 bits per heavy atom. The van der Waals surface area contributed by atoms with E-state index in [0.717, 1.165) is 6.04 Å². The Morgan fingerprint density at radius 3 is 2.42 bits per heavy atom. The molecule has 2 saturated carbocycles. The van der Waals surface area contributed by atoms with E-state index in [9.17, 15) is 0 Å². The van der Waals surface area contributed by atoms with Gasteiger partial charge in [-0.2, -0.15) is 0 Å². The molecule has 70 valence electrons. The van der Waals surface area contributed by atoms with Gasteiger partial charge >= 0.3 is 0 Å². The van der Waals surface area contributed by atoms with Gasteiger partial charge < -0.3 is 11.1 Å². The summed E-state index contributed by atoms with van der Waals surface area (Å²) in [7, 11) is 0. The van der Waals surface area contributed by atoms with Crippen molar-refractivity contribution in [2.45, 2.75) is 57.7 Å². The highest BCUT2D eigenvalue weighted by Gasteiger charge is 2.46. The van der Waals surface area contributed by atoms with E-state index in [1.165, 1.54) is 25.7 Å². The first-order valence-corrected chi connectivity index (χ1v) is 5.09. The molecule has 3 atom stereocenters. The first-order valence-electron chi connectivity index (χ1n) is 5.09. The molecule has 0 aromatic carbocycles. The van der Waals surface area contributed by atoms with Gasteiger partial charge in [0.1, 0.15) is 0 Å². The summed E-state index contributed by atoms with van der Waals surface area (Å²) in [4.78, 5) is 0. The normalized spacial score (nSPS) is 44.8. The SMILES string of the molecule is CC1(C)CC1NC1CCC(N)C1. The fourth-order valence-electron chi connectivity index (χ4n) is 2.20. The molecule has 0 bridgehead atoms. The Hall–Kier alpha value is -0.0800. The summed E-state index contributed by atoms with van der Waals surface area (Å²) in [6.45, 7) is 4.67. The van der Waals surface area contributed by atoms with Gasteiger partial charge in [0, 0.05) is 18.1 Å². The Balaban J connectivity index is 1.75. The van der Waals surface area contributed by atoms with E-state index in [-0.39, 0.29) is 0 Å². The largest absolute Gasteiger partial charge is 0.328 e. The second kappa shape index (κ2) is 2.71. The van der Waals surface area contributed by atoms with Crippen LogP contribution in [0, 0.1) is 5.41 Å². The molecule has 2 fully saturated rings. The van der Waals surface area contributed by atoms with Crippen molar-refractivity contribution in [3.05, 3.63) is 0 Å². The zero-order valence-electron chi connectivity index (χ0n) is 8.14. The second-order valence-corrected chi connectivity index (χ2v) is 5.18. The third kappa shape index (κ3) is 1.64. The van der Waals surface area contributed by atoms with Crippen LogP contribution in [0.3, 0.4) is 0 Å². The van der Waals surface area contributed by atoms with E-state index < -0.39 is 0 Å². The molecule has 2 aliphatic carbocycles. The average Bonchev–Trinajstić information content (AvgIpc) is 2.41. The van der Waals surface area contributed by atoms with E-state index in [4.69, 9.17) is 5.73 Å². The lowest BCUT2D eigenvalue weighted by Gasteiger charge is -2.13. The summed E-state index contributed by atoms with van der Waals surface area (Å²) in [5, 5.41) is 3.69. The van der Waals surface area contributed by atoms with Gasteiger partial charge in [-0.15, -0.1) is 0 Å². The molecule has 2 rings (SSSR count). The Morgan fingerprint density at radius 2 is 2.00 bits per heavy atom.